The zero-order valence-electron chi connectivity index (χ0n) is 27.5. The first-order valence-electron chi connectivity index (χ1n) is 16.1. The molecule has 7 rings (SSSR count). The minimum Gasteiger partial charge on any atom is -0.478 e. The highest BCUT2D eigenvalue weighted by Crippen LogP contribution is 2.37. The number of ether oxygens (including phenoxy) is 1. The van der Waals surface area contributed by atoms with E-state index in [2.05, 4.69) is 32.9 Å². The van der Waals surface area contributed by atoms with Crippen molar-refractivity contribution in [3.05, 3.63) is 79.9 Å². The van der Waals surface area contributed by atoms with E-state index in [1.165, 1.54) is 22.1 Å². The third kappa shape index (κ3) is 5.98. The topological polar surface area (TPSA) is 137 Å². The number of carboxylic acid groups (broad SMARTS) is 1. The van der Waals surface area contributed by atoms with E-state index < -0.39 is 23.5 Å². The number of likely N-dealkylation sites (tertiary alicyclic amines) is 1. The maximum Gasteiger partial charge on any atom is 0.338 e. The van der Waals surface area contributed by atoms with Crippen molar-refractivity contribution in [3.8, 4) is 29.0 Å². The van der Waals surface area contributed by atoms with Crippen LogP contribution >= 0.6 is 22.9 Å². The summed E-state index contributed by atoms with van der Waals surface area (Å²) in [5, 5.41) is 22.1. The highest BCUT2D eigenvalue weighted by atomic mass is 35.5. The van der Waals surface area contributed by atoms with Gasteiger partial charge in [0.2, 0.25) is 0 Å². The molecule has 0 saturated carbocycles. The van der Waals surface area contributed by atoms with E-state index in [0.29, 0.717) is 63.9 Å². The molecule has 0 amide bonds. The van der Waals surface area contributed by atoms with Gasteiger partial charge in [-0.15, -0.1) is 11.3 Å². The van der Waals surface area contributed by atoms with Gasteiger partial charge in [0.05, 0.1) is 52.6 Å². The Labute approximate surface area is 299 Å². The number of aryl methyl sites for hydroxylation is 1. The molecule has 5 aromatic rings. The fourth-order valence-corrected chi connectivity index (χ4v) is 8.06. The van der Waals surface area contributed by atoms with E-state index in [1.54, 1.807) is 54.7 Å². The summed E-state index contributed by atoms with van der Waals surface area (Å²) in [6.45, 7) is 2.57. The zero-order valence-corrected chi connectivity index (χ0v) is 29.1. The molecule has 0 bridgehead atoms. The van der Waals surface area contributed by atoms with Gasteiger partial charge in [-0.05, 0) is 44.0 Å². The van der Waals surface area contributed by atoms with E-state index in [-0.39, 0.29) is 47.8 Å². The number of hydrogen-bond donors (Lipinski definition) is 1. The van der Waals surface area contributed by atoms with Gasteiger partial charge in [-0.1, -0.05) is 23.4 Å². The Bertz CT molecular complexity index is 2370. The van der Waals surface area contributed by atoms with Crippen LogP contribution < -0.4 is 10.5 Å². The van der Waals surface area contributed by atoms with Gasteiger partial charge >= 0.3 is 5.97 Å². The van der Waals surface area contributed by atoms with Gasteiger partial charge in [0.15, 0.2) is 0 Å². The number of carbonyl (C=O) groups is 1. The van der Waals surface area contributed by atoms with Gasteiger partial charge in [-0.3, -0.25) is 19.2 Å². The number of aromatic nitrogens is 4. The van der Waals surface area contributed by atoms with Gasteiger partial charge < -0.3 is 14.7 Å². The van der Waals surface area contributed by atoms with Crippen molar-refractivity contribution in [2.45, 2.75) is 44.3 Å². The molecule has 0 atom stereocenters. The Morgan fingerprint density at radius 1 is 1.24 bits per heavy atom. The quantitative estimate of drug-likeness (QED) is 0.211. The first-order chi connectivity index (χ1) is 24.5. The van der Waals surface area contributed by atoms with Gasteiger partial charge in [-0.2, -0.15) is 5.26 Å². The Morgan fingerprint density at radius 2 is 2.00 bits per heavy atom. The van der Waals surface area contributed by atoms with Crippen molar-refractivity contribution in [3.63, 3.8) is 0 Å². The number of anilines is 1. The van der Waals surface area contributed by atoms with Crippen LogP contribution in [0.4, 0.5) is 14.6 Å². The first-order valence-corrected chi connectivity index (χ1v) is 17.3. The van der Waals surface area contributed by atoms with Crippen molar-refractivity contribution in [1.29, 1.82) is 5.26 Å². The largest absolute Gasteiger partial charge is 0.478 e. The number of carboxylic acids is 1. The third-order valence-corrected chi connectivity index (χ3v) is 11.0. The second kappa shape index (κ2) is 13.6. The number of alkyl halides is 2. The average Bonchev–Trinajstić information content (AvgIpc) is 3.54. The minimum absolute atomic E-state index is 0.0126. The van der Waals surface area contributed by atoms with E-state index >= 15 is 0 Å². The van der Waals surface area contributed by atoms with Crippen LogP contribution in [0.15, 0.2) is 46.8 Å². The maximum absolute atomic E-state index is 14.0. The molecule has 15 heteroatoms. The van der Waals surface area contributed by atoms with E-state index in [1.807, 2.05) is 4.90 Å². The molecule has 260 valence electrons. The molecule has 0 radical (unpaired) electrons. The molecule has 2 fully saturated rings. The Balaban J connectivity index is 1.19. The van der Waals surface area contributed by atoms with Crippen molar-refractivity contribution < 1.29 is 23.4 Å². The number of pyridine rings is 2. The molecule has 4 aromatic heterocycles. The Hall–Kier alpha value is -4.99. The number of thiophene rings is 1. The number of nitrogens with zero attached hydrogens (tertiary/aromatic N) is 7. The molecule has 6 heterocycles. The number of aromatic carboxylic acids is 1. The highest BCUT2D eigenvalue weighted by molar-refractivity contribution is 7.18. The summed E-state index contributed by atoms with van der Waals surface area (Å²) < 4.78 is 35.0. The summed E-state index contributed by atoms with van der Waals surface area (Å²) in [5.74, 6) is 5.86. The number of fused-ring (bicyclic) bond motifs is 2. The van der Waals surface area contributed by atoms with Crippen molar-refractivity contribution in [2.75, 3.05) is 38.3 Å². The molecular formula is C36H30ClF2N7O4S. The van der Waals surface area contributed by atoms with Crippen molar-refractivity contribution in [1.82, 2.24) is 24.4 Å². The fourth-order valence-electron chi connectivity index (χ4n) is 6.86. The van der Waals surface area contributed by atoms with Gasteiger partial charge in [-0.25, -0.2) is 23.5 Å². The molecule has 0 spiro atoms. The lowest BCUT2D eigenvalue weighted by molar-refractivity contribution is -0.206. The molecule has 2 aliphatic heterocycles. The standard InChI is InChI=1S/C36H30ClF2N7O4S/c1-20-43-28-16-42-32(44(2)23-8-12-45(13-9-23)36(35(38)39)18-50-19-36)26(15-40)29(28)33(47)46(20)11-3-4-21-5-6-22(37)14-25(21)24-7-10-41-30-27(34(48)49)17-51-31(24)30/h5-7,10,14,16-17,23,35H,8-9,11-13,18-19H2,1-2H3,(H,48,49). The lowest BCUT2D eigenvalue weighted by Crippen LogP contribution is -2.68. The second-order valence-corrected chi connectivity index (χ2v) is 13.9. The van der Waals surface area contributed by atoms with Crippen LogP contribution in [0, 0.1) is 30.1 Å². The number of piperidine rings is 1. The van der Waals surface area contributed by atoms with E-state index in [0.717, 1.165) is 5.56 Å². The molecule has 1 N–H and O–H groups in total. The Morgan fingerprint density at radius 3 is 2.67 bits per heavy atom. The van der Waals surface area contributed by atoms with Crippen LogP contribution in [0.2, 0.25) is 5.02 Å². The Kier molecular flexibility index (Phi) is 9.20. The molecule has 51 heavy (non-hydrogen) atoms. The van der Waals surface area contributed by atoms with Crippen molar-refractivity contribution in [2.24, 2.45) is 0 Å². The van der Waals surface area contributed by atoms with Gasteiger partial charge in [0.1, 0.15) is 28.8 Å². The summed E-state index contributed by atoms with van der Waals surface area (Å²) in [6, 6.07) is 9.09. The SMILES string of the molecule is Cc1nc2cnc(N(C)C3CCN(C4(C(F)F)COC4)CC3)c(C#N)c2c(=O)n1CC#Cc1ccc(Cl)cc1-c1ccnc2c(C(=O)O)csc12. The second-order valence-electron chi connectivity index (χ2n) is 12.6. The summed E-state index contributed by atoms with van der Waals surface area (Å²) in [6.07, 6.45) is 1.67. The molecule has 11 nitrogen and oxygen atoms in total. The van der Waals surface area contributed by atoms with Gasteiger partial charge in [0, 0.05) is 59.5 Å². The van der Waals surface area contributed by atoms with Crippen LogP contribution in [0.3, 0.4) is 0 Å². The predicted octanol–water partition coefficient (Wildman–Crippen LogP) is 5.59. The molecule has 0 aliphatic carbocycles. The number of rotatable bonds is 7. The zero-order chi connectivity index (χ0) is 36.0. The van der Waals surface area contributed by atoms with E-state index in [4.69, 9.17) is 16.3 Å². The summed E-state index contributed by atoms with van der Waals surface area (Å²) in [4.78, 5) is 42.8. The lowest BCUT2D eigenvalue weighted by atomic mass is 9.91. The fraction of sp³-hybridized carbons (Fsp3) is 0.333. The van der Waals surface area contributed by atoms with Crippen LogP contribution in [-0.4, -0.2) is 86.9 Å². The first kappa shape index (κ1) is 34.5. The normalized spacial score (nSPS) is 16.1. The van der Waals surface area contributed by atoms with Crippen LogP contribution in [0.1, 0.15) is 40.2 Å². The third-order valence-electron chi connectivity index (χ3n) is 9.79. The smallest absolute Gasteiger partial charge is 0.338 e. The summed E-state index contributed by atoms with van der Waals surface area (Å²) >= 11 is 7.65. The van der Waals surface area contributed by atoms with Gasteiger partial charge in [0.25, 0.3) is 12.0 Å². The molecule has 0 unspecified atom stereocenters. The van der Waals surface area contributed by atoms with Crippen LogP contribution in [0.25, 0.3) is 32.2 Å². The maximum atomic E-state index is 14.0. The number of hydrogen-bond acceptors (Lipinski definition) is 10. The minimum atomic E-state index is -2.50. The monoisotopic (exact) mass is 729 g/mol. The van der Waals surface area contributed by atoms with E-state index in [9.17, 15) is 28.7 Å². The molecule has 2 aliphatic rings. The predicted molar refractivity (Wildman–Crippen MR) is 190 cm³/mol. The number of nitriles is 1. The molecule has 2 saturated heterocycles. The summed E-state index contributed by atoms with van der Waals surface area (Å²) in [7, 11) is 1.80. The van der Waals surface area contributed by atoms with Crippen LogP contribution in [-0.2, 0) is 11.3 Å². The van der Waals surface area contributed by atoms with Crippen molar-refractivity contribution >= 4 is 55.8 Å². The molecular weight excluding hydrogens is 700 g/mol. The number of benzene rings is 1. The lowest BCUT2D eigenvalue weighted by Gasteiger charge is -2.51. The highest BCUT2D eigenvalue weighted by Gasteiger charge is 2.52. The summed E-state index contributed by atoms with van der Waals surface area (Å²) in [5.41, 5.74) is 1.20. The molecule has 1 aromatic carbocycles. The number of halogens is 3. The average molecular weight is 730 g/mol. The van der Waals surface area contributed by atoms with Crippen LogP contribution in [0.5, 0.6) is 0 Å².